The third-order valence-corrected chi connectivity index (χ3v) is 12.3. The van der Waals surface area contributed by atoms with Crippen LogP contribution in [0.25, 0.3) is 32.9 Å². The average Bonchev–Trinajstić information content (AvgIpc) is 3.42. The number of rotatable bonds is 10. The number of aryl methyl sites for hydroxylation is 2. The molecule has 278 valence electrons. The summed E-state index contributed by atoms with van der Waals surface area (Å²) in [4.78, 5) is 24.6. The molecule has 5 aromatic rings. The van der Waals surface area contributed by atoms with E-state index in [1.807, 2.05) is 17.9 Å². The highest BCUT2D eigenvalue weighted by Gasteiger charge is 2.51. The number of likely N-dealkylation sites (tertiary alicyclic amines) is 1. The van der Waals surface area contributed by atoms with Gasteiger partial charge in [0.25, 0.3) is 0 Å². The van der Waals surface area contributed by atoms with Crippen molar-refractivity contribution >= 4 is 50.9 Å². The molecule has 0 spiro atoms. The Kier molecular flexibility index (Phi) is 8.87. The Bertz CT molecular complexity index is 2370. The molecule has 2 aromatic carbocycles. The number of hydrogen-bond donors (Lipinski definition) is 1. The molecule has 5 aliphatic rings. The maximum Gasteiger partial charge on any atom is 0.388 e. The van der Waals surface area contributed by atoms with Gasteiger partial charge in [0.2, 0.25) is 11.8 Å². The summed E-state index contributed by atoms with van der Waals surface area (Å²) in [6.45, 7) is -0.00439. The van der Waals surface area contributed by atoms with Crippen LogP contribution in [0.3, 0.4) is 0 Å². The fourth-order valence-electron chi connectivity index (χ4n) is 8.88. The van der Waals surface area contributed by atoms with Crippen molar-refractivity contribution in [3.05, 3.63) is 81.5 Å². The van der Waals surface area contributed by atoms with Crippen molar-refractivity contribution in [2.24, 2.45) is 11.8 Å². The standard InChI is InChI=1S/C40H35Cl2F3N6O3/c1-19-26-16-31(30-14-24(18-50(30)39(52)20-7-8-20)53-23-9-11-47-32(15-23)54-40(44)45)51(37-22-13-29(37)48-17-22)38(26)27-12-21(4-3-10-46)33(35(43)36(27)49-19)25-5-2-6-28(41)34(25)42/h2,5-6,9,11-12,15-16,20,22,24,29-30,37,40,48H,3-4,7-8,13-14,17-18H2,1H3. The molecule has 2 saturated carbocycles. The zero-order valence-electron chi connectivity index (χ0n) is 29.2. The van der Waals surface area contributed by atoms with Gasteiger partial charge >= 0.3 is 6.61 Å². The SMILES string of the molecule is Cc1nc2c(F)c(-c3cccc(Cl)c3Cl)c(CCC#N)cc2c2c1cc(C1CC(Oc3ccnc(OC(F)F)c3)CN1C(=O)C1CC1)n2C1C2CNC1C2. The molecule has 5 atom stereocenters. The molecule has 6 heterocycles. The largest absolute Gasteiger partial charge is 0.488 e. The molecular formula is C40H35Cl2F3N6O3. The Hall–Kier alpha value is -4.57. The van der Waals surface area contributed by atoms with Gasteiger partial charge in [-0.1, -0.05) is 35.3 Å². The minimum atomic E-state index is -3.03. The summed E-state index contributed by atoms with van der Waals surface area (Å²) in [7, 11) is 0. The number of nitrogens with zero attached hydrogens (tertiary/aromatic N) is 5. The third kappa shape index (κ3) is 5.92. The lowest BCUT2D eigenvalue weighted by Crippen LogP contribution is -2.41. The second-order valence-corrected chi connectivity index (χ2v) is 15.5. The molecule has 1 N–H and O–H groups in total. The molecule has 3 saturated heterocycles. The Morgan fingerprint density at radius 2 is 1.98 bits per heavy atom. The van der Waals surface area contributed by atoms with Gasteiger partial charge in [0.05, 0.1) is 40.3 Å². The maximum absolute atomic E-state index is 17.2. The first kappa shape index (κ1) is 35.2. The lowest BCUT2D eigenvalue weighted by molar-refractivity contribution is -0.133. The van der Waals surface area contributed by atoms with Crippen LogP contribution in [0.2, 0.25) is 10.0 Å². The predicted octanol–water partition coefficient (Wildman–Crippen LogP) is 8.73. The first-order chi connectivity index (χ1) is 26.1. The minimum absolute atomic E-state index is 0.0571. The van der Waals surface area contributed by atoms with Crippen LogP contribution in [-0.2, 0) is 11.2 Å². The quantitative estimate of drug-likeness (QED) is 0.151. The number of fused-ring (bicyclic) bond motifs is 4. The summed E-state index contributed by atoms with van der Waals surface area (Å²) in [5, 5.41) is 15.2. The topological polar surface area (TPSA) is 105 Å². The van der Waals surface area contributed by atoms with Crippen molar-refractivity contribution < 1.29 is 27.4 Å². The molecule has 0 radical (unpaired) electrons. The van der Waals surface area contributed by atoms with E-state index in [1.54, 1.807) is 24.3 Å². The number of benzene rings is 2. The average molecular weight is 776 g/mol. The van der Waals surface area contributed by atoms with E-state index in [-0.39, 0.29) is 64.8 Å². The van der Waals surface area contributed by atoms with Crippen molar-refractivity contribution in [1.29, 1.82) is 5.26 Å². The zero-order chi connectivity index (χ0) is 37.4. The molecule has 1 amide bonds. The maximum atomic E-state index is 17.2. The Labute approximate surface area is 319 Å². The van der Waals surface area contributed by atoms with Crippen LogP contribution < -0.4 is 14.8 Å². The zero-order valence-corrected chi connectivity index (χ0v) is 30.7. The summed E-state index contributed by atoms with van der Waals surface area (Å²) >= 11 is 13.1. The number of aromatic nitrogens is 3. The van der Waals surface area contributed by atoms with Crippen LogP contribution in [0.15, 0.2) is 48.7 Å². The number of hydrogen-bond acceptors (Lipinski definition) is 7. The van der Waals surface area contributed by atoms with Crippen molar-refractivity contribution in [2.75, 3.05) is 13.1 Å². The van der Waals surface area contributed by atoms with E-state index < -0.39 is 18.5 Å². The van der Waals surface area contributed by atoms with Crippen molar-refractivity contribution in [2.45, 2.75) is 76.3 Å². The first-order valence-electron chi connectivity index (χ1n) is 18.2. The number of amides is 1. The molecule has 14 heteroatoms. The number of nitrogens with one attached hydrogen (secondary N) is 1. The molecule has 10 rings (SSSR count). The first-order valence-corrected chi connectivity index (χ1v) is 19.0. The highest BCUT2D eigenvalue weighted by Crippen LogP contribution is 2.51. The van der Waals surface area contributed by atoms with Gasteiger partial charge in [0.1, 0.15) is 17.4 Å². The lowest BCUT2D eigenvalue weighted by Gasteiger charge is -2.39. The van der Waals surface area contributed by atoms with E-state index in [1.165, 1.54) is 12.3 Å². The van der Waals surface area contributed by atoms with Crippen molar-refractivity contribution in [3.8, 4) is 28.8 Å². The third-order valence-electron chi connectivity index (χ3n) is 11.5. The van der Waals surface area contributed by atoms with Gasteiger partial charge in [-0.25, -0.2) is 14.4 Å². The summed E-state index contributed by atoms with van der Waals surface area (Å²) in [6.07, 6.45) is 4.45. The highest BCUT2D eigenvalue weighted by molar-refractivity contribution is 6.43. The molecule has 5 unspecified atom stereocenters. The molecule has 9 nitrogen and oxygen atoms in total. The fourth-order valence-corrected chi connectivity index (χ4v) is 9.28. The predicted molar refractivity (Wildman–Crippen MR) is 197 cm³/mol. The van der Waals surface area contributed by atoms with E-state index in [9.17, 15) is 18.8 Å². The van der Waals surface area contributed by atoms with Crippen molar-refractivity contribution in [3.63, 3.8) is 0 Å². The summed E-state index contributed by atoms with van der Waals surface area (Å²) in [6, 6.07) is 14.1. The van der Waals surface area contributed by atoms with Crippen LogP contribution in [0.1, 0.15) is 61.1 Å². The highest BCUT2D eigenvalue weighted by atomic mass is 35.5. The van der Waals surface area contributed by atoms with Gasteiger partial charge in [-0.3, -0.25) is 4.79 Å². The van der Waals surface area contributed by atoms with Crippen LogP contribution in [0, 0.1) is 35.9 Å². The number of halogens is 5. The molecule has 54 heavy (non-hydrogen) atoms. The van der Waals surface area contributed by atoms with Crippen LogP contribution in [0.5, 0.6) is 11.6 Å². The van der Waals surface area contributed by atoms with Gasteiger partial charge in [0.15, 0.2) is 5.82 Å². The van der Waals surface area contributed by atoms with Gasteiger partial charge in [-0.2, -0.15) is 14.0 Å². The Morgan fingerprint density at radius 3 is 2.70 bits per heavy atom. The molecule has 5 fully saturated rings. The fraction of sp³-hybridized carbons (Fsp3) is 0.400. The van der Waals surface area contributed by atoms with Crippen molar-refractivity contribution in [1.82, 2.24) is 24.8 Å². The van der Waals surface area contributed by atoms with E-state index >= 15 is 4.39 Å². The van der Waals surface area contributed by atoms with E-state index in [4.69, 9.17) is 32.9 Å². The van der Waals surface area contributed by atoms with Gasteiger partial charge < -0.3 is 24.3 Å². The Morgan fingerprint density at radius 1 is 1.15 bits per heavy atom. The lowest BCUT2D eigenvalue weighted by atomic mass is 9.79. The Balaban J connectivity index is 1.22. The van der Waals surface area contributed by atoms with Crippen LogP contribution in [0.4, 0.5) is 13.2 Å². The number of ether oxygens (including phenoxy) is 2. The summed E-state index contributed by atoms with van der Waals surface area (Å²) in [5.74, 6) is -0.142. The van der Waals surface area contributed by atoms with E-state index in [0.717, 1.165) is 42.4 Å². The molecular weight excluding hydrogens is 740 g/mol. The van der Waals surface area contributed by atoms with Gasteiger partial charge in [-0.15, -0.1) is 0 Å². The second kappa shape index (κ2) is 13.6. The molecule has 3 aromatic heterocycles. The molecule has 2 bridgehead atoms. The number of nitriles is 1. The number of carbonyl (C=O) groups is 1. The monoisotopic (exact) mass is 774 g/mol. The normalized spacial score (nSPS) is 23.3. The summed E-state index contributed by atoms with van der Waals surface area (Å²) in [5.41, 5.74) is 3.91. The number of carbonyl (C=O) groups excluding carboxylic acids is 1. The van der Waals surface area contributed by atoms with Crippen LogP contribution in [-0.4, -0.2) is 57.2 Å². The summed E-state index contributed by atoms with van der Waals surface area (Å²) < 4.78 is 56.3. The van der Waals surface area contributed by atoms with E-state index in [2.05, 4.69) is 31.7 Å². The smallest absolute Gasteiger partial charge is 0.388 e. The van der Waals surface area contributed by atoms with Gasteiger partial charge in [0, 0.05) is 76.9 Å². The molecule has 3 aliphatic heterocycles. The minimum Gasteiger partial charge on any atom is -0.488 e. The second-order valence-electron chi connectivity index (χ2n) is 14.7. The molecule has 2 aliphatic carbocycles. The van der Waals surface area contributed by atoms with Crippen LogP contribution >= 0.6 is 23.2 Å². The van der Waals surface area contributed by atoms with E-state index in [0.29, 0.717) is 51.9 Å². The number of pyridine rings is 2. The van der Waals surface area contributed by atoms with Gasteiger partial charge in [-0.05, 0) is 68.4 Å². The number of alkyl halides is 2.